The lowest BCUT2D eigenvalue weighted by molar-refractivity contribution is -0.384. The molecule has 0 bridgehead atoms. The Bertz CT molecular complexity index is 501. The number of halogens is 1. The van der Waals surface area contributed by atoms with Gasteiger partial charge in [-0.25, -0.2) is 0 Å². The molecule has 1 aromatic rings. The van der Waals surface area contributed by atoms with Gasteiger partial charge in [-0.2, -0.15) is 0 Å². The van der Waals surface area contributed by atoms with E-state index in [-0.39, 0.29) is 16.8 Å². The van der Waals surface area contributed by atoms with Crippen molar-refractivity contribution in [3.8, 4) is 0 Å². The van der Waals surface area contributed by atoms with E-state index in [1.807, 2.05) is 12.1 Å². The zero-order valence-electron chi connectivity index (χ0n) is 11.2. The van der Waals surface area contributed by atoms with Gasteiger partial charge >= 0.3 is 0 Å². The number of rotatable bonds is 5. The van der Waals surface area contributed by atoms with Crippen LogP contribution in [0.1, 0.15) is 18.0 Å². The Kier molecular flexibility index (Phi) is 5.11. The lowest BCUT2D eigenvalue weighted by atomic mass is 10.0. The van der Waals surface area contributed by atoms with E-state index < -0.39 is 4.92 Å². The van der Waals surface area contributed by atoms with Crippen LogP contribution >= 0.6 is 11.6 Å². The summed E-state index contributed by atoms with van der Waals surface area (Å²) in [6.07, 6.45) is 2.62. The van der Waals surface area contributed by atoms with Crippen LogP contribution in [-0.2, 0) is 0 Å². The van der Waals surface area contributed by atoms with E-state index in [4.69, 9.17) is 11.6 Å². The number of nitro benzene ring substituents is 1. The van der Waals surface area contributed by atoms with Crippen LogP contribution in [0.25, 0.3) is 0 Å². The lowest BCUT2D eigenvalue weighted by Gasteiger charge is -2.34. The first-order valence-electron chi connectivity index (χ1n) is 6.63. The maximum Gasteiger partial charge on any atom is 0.288 e. The molecule has 20 heavy (non-hydrogen) atoms. The summed E-state index contributed by atoms with van der Waals surface area (Å²) in [5.41, 5.74) is 0.885. The molecule has 1 atom stereocenters. The summed E-state index contributed by atoms with van der Waals surface area (Å²) in [6, 6.07) is 5.17. The van der Waals surface area contributed by atoms with Crippen LogP contribution in [-0.4, -0.2) is 36.0 Å². The van der Waals surface area contributed by atoms with Crippen molar-refractivity contribution in [1.29, 1.82) is 0 Å². The Morgan fingerprint density at radius 2 is 2.20 bits per heavy atom. The number of piperazine rings is 1. The van der Waals surface area contributed by atoms with Crippen molar-refractivity contribution in [3.05, 3.63) is 51.6 Å². The smallest absolute Gasteiger partial charge is 0.288 e. The third kappa shape index (κ3) is 3.36. The third-order valence-corrected chi connectivity index (χ3v) is 3.85. The van der Waals surface area contributed by atoms with Gasteiger partial charge in [0.15, 0.2) is 0 Å². The fourth-order valence-corrected chi connectivity index (χ4v) is 2.71. The van der Waals surface area contributed by atoms with Crippen LogP contribution in [0.5, 0.6) is 0 Å². The maximum atomic E-state index is 11.0. The Labute approximate surface area is 123 Å². The van der Waals surface area contributed by atoms with E-state index in [1.54, 1.807) is 12.1 Å². The van der Waals surface area contributed by atoms with E-state index in [1.165, 1.54) is 0 Å². The molecule has 1 aliphatic heterocycles. The molecule has 1 aromatic carbocycles. The van der Waals surface area contributed by atoms with Gasteiger partial charge in [0.1, 0.15) is 5.02 Å². The summed E-state index contributed by atoms with van der Waals surface area (Å²) in [6.45, 7) is 7.51. The molecule has 1 saturated heterocycles. The SMILES string of the molecule is C=CC[C@@H](c1ccc(Cl)c([N+](=O)[O-])c1)N1CCNCC1. The molecular formula is C14H18ClN3O2. The Morgan fingerprint density at radius 1 is 1.50 bits per heavy atom. The van der Waals surface area contributed by atoms with Gasteiger partial charge in [0.05, 0.1) is 4.92 Å². The number of nitro groups is 1. The van der Waals surface area contributed by atoms with Gasteiger partial charge in [-0.3, -0.25) is 15.0 Å². The summed E-state index contributed by atoms with van der Waals surface area (Å²) in [5.74, 6) is 0. The van der Waals surface area contributed by atoms with Crippen molar-refractivity contribution in [2.45, 2.75) is 12.5 Å². The predicted octanol–water partition coefficient (Wildman–Crippen LogP) is 2.77. The number of hydrogen-bond acceptors (Lipinski definition) is 4. The number of benzene rings is 1. The van der Waals surface area contributed by atoms with E-state index in [2.05, 4.69) is 16.8 Å². The highest BCUT2D eigenvalue weighted by Gasteiger charge is 2.23. The fourth-order valence-electron chi connectivity index (χ4n) is 2.52. The summed E-state index contributed by atoms with van der Waals surface area (Å²) < 4.78 is 0. The van der Waals surface area contributed by atoms with Crippen molar-refractivity contribution in [1.82, 2.24) is 10.2 Å². The molecule has 1 fully saturated rings. The van der Waals surface area contributed by atoms with Crippen LogP contribution in [0, 0.1) is 10.1 Å². The largest absolute Gasteiger partial charge is 0.314 e. The predicted molar refractivity (Wildman–Crippen MR) is 80.1 cm³/mol. The standard InChI is InChI=1S/C14H18ClN3O2/c1-2-3-13(17-8-6-16-7-9-17)11-4-5-12(15)14(10-11)18(19)20/h2,4-5,10,13,16H,1,3,6-9H2/t13-/m0/s1. The van der Waals surface area contributed by atoms with Gasteiger partial charge in [-0.1, -0.05) is 23.7 Å². The number of nitrogens with one attached hydrogen (secondary N) is 1. The second kappa shape index (κ2) is 6.83. The molecule has 0 aliphatic carbocycles. The minimum absolute atomic E-state index is 0.0339. The van der Waals surface area contributed by atoms with E-state index in [0.29, 0.717) is 0 Å². The van der Waals surface area contributed by atoms with Crippen LogP contribution in [0.15, 0.2) is 30.9 Å². The van der Waals surface area contributed by atoms with Crippen molar-refractivity contribution in [2.24, 2.45) is 0 Å². The van der Waals surface area contributed by atoms with E-state index >= 15 is 0 Å². The summed E-state index contributed by atoms with van der Waals surface area (Å²) in [7, 11) is 0. The van der Waals surface area contributed by atoms with Crippen LogP contribution in [0.2, 0.25) is 5.02 Å². The quantitative estimate of drug-likeness (QED) is 0.515. The van der Waals surface area contributed by atoms with Gasteiger partial charge in [0, 0.05) is 38.3 Å². The maximum absolute atomic E-state index is 11.0. The second-order valence-corrected chi connectivity index (χ2v) is 5.20. The van der Waals surface area contributed by atoms with Crippen molar-refractivity contribution >= 4 is 17.3 Å². The molecule has 2 rings (SSSR count). The summed E-state index contributed by atoms with van der Waals surface area (Å²) in [4.78, 5) is 12.9. The molecule has 0 radical (unpaired) electrons. The van der Waals surface area contributed by atoms with Gasteiger partial charge in [-0.15, -0.1) is 6.58 Å². The van der Waals surface area contributed by atoms with E-state index in [9.17, 15) is 10.1 Å². The molecule has 0 amide bonds. The third-order valence-electron chi connectivity index (χ3n) is 3.53. The monoisotopic (exact) mass is 295 g/mol. The Balaban J connectivity index is 2.30. The number of hydrogen-bond donors (Lipinski definition) is 1. The van der Waals surface area contributed by atoms with Crippen molar-refractivity contribution in [3.63, 3.8) is 0 Å². The summed E-state index contributed by atoms with van der Waals surface area (Å²) >= 11 is 5.87. The first-order chi connectivity index (χ1) is 9.63. The first kappa shape index (κ1) is 15.0. The van der Waals surface area contributed by atoms with Crippen molar-refractivity contribution in [2.75, 3.05) is 26.2 Å². The van der Waals surface area contributed by atoms with Crippen LogP contribution in [0.3, 0.4) is 0 Å². The molecule has 0 aromatic heterocycles. The minimum Gasteiger partial charge on any atom is -0.314 e. The lowest BCUT2D eigenvalue weighted by Crippen LogP contribution is -2.45. The van der Waals surface area contributed by atoms with Crippen LogP contribution < -0.4 is 5.32 Å². The van der Waals surface area contributed by atoms with Gasteiger partial charge < -0.3 is 5.32 Å². The molecule has 0 saturated carbocycles. The van der Waals surface area contributed by atoms with Crippen LogP contribution in [0.4, 0.5) is 5.69 Å². The highest BCUT2D eigenvalue weighted by molar-refractivity contribution is 6.32. The Morgan fingerprint density at radius 3 is 2.80 bits per heavy atom. The molecule has 1 aliphatic rings. The van der Waals surface area contributed by atoms with Gasteiger partial charge in [0.2, 0.25) is 0 Å². The molecule has 0 spiro atoms. The van der Waals surface area contributed by atoms with Gasteiger partial charge in [-0.05, 0) is 18.1 Å². The summed E-state index contributed by atoms with van der Waals surface area (Å²) in [5, 5.41) is 14.5. The second-order valence-electron chi connectivity index (χ2n) is 4.79. The van der Waals surface area contributed by atoms with Gasteiger partial charge in [0.25, 0.3) is 5.69 Å². The average molecular weight is 296 g/mol. The molecule has 108 valence electrons. The highest BCUT2D eigenvalue weighted by Crippen LogP contribution is 2.32. The fraction of sp³-hybridized carbons (Fsp3) is 0.429. The van der Waals surface area contributed by atoms with E-state index in [0.717, 1.165) is 38.2 Å². The Hall–Kier alpha value is -1.43. The molecule has 5 nitrogen and oxygen atoms in total. The van der Waals surface area contributed by atoms with Crippen molar-refractivity contribution < 1.29 is 4.92 Å². The normalized spacial score (nSPS) is 17.6. The highest BCUT2D eigenvalue weighted by atomic mass is 35.5. The molecule has 6 heteroatoms. The molecule has 1 N–H and O–H groups in total. The average Bonchev–Trinajstić information content (AvgIpc) is 2.46. The zero-order chi connectivity index (χ0) is 14.5. The topological polar surface area (TPSA) is 58.4 Å². The molecule has 1 heterocycles. The molecular weight excluding hydrogens is 278 g/mol. The number of nitrogens with zero attached hydrogens (tertiary/aromatic N) is 2. The minimum atomic E-state index is -0.436. The molecule has 0 unspecified atom stereocenters. The zero-order valence-corrected chi connectivity index (χ0v) is 12.0. The first-order valence-corrected chi connectivity index (χ1v) is 7.00.